The molecular formula is C18H19N3OS. The van der Waals surface area contributed by atoms with Gasteiger partial charge in [0.25, 0.3) is 0 Å². The molecule has 0 aliphatic carbocycles. The molecule has 1 amide bonds. The van der Waals surface area contributed by atoms with Crippen LogP contribution in [0.1, 0.15) is 17.8 Å². The second-order valence-electron chi connectivity index (χ2n) is 5.54. The predicted molar refractivity (Wildman–Crippen MR) is 94.7 cm³/mol. The zero-order valence-electron chi connectivity index (χ0n) is 13.2. The molecule has 0 aliphatic heterocycles. The maximum Gasteiger partial charge on any atom is 0.226 e. The highest BCUT2D eigenvalue weighted by Gasteiger charge is 2.07. The van der Waals surface area contributed by atoms with Gasteiger partial charge in [0.2, 0.25) is 5.91 Å². The summed E-state index contributed by atoms with van der Waals surface area (Å²) in [5.41, 5.74) is 5.17. The molecule has 0 spiro atoms. The Labute approximate surface area is 139 Å². The van der Waals surface area contributed by atoms with E-state index < -0.39 is 0 Å². The fourth-order valence-corrected chi connectivity index (χ4v) is 3.20. The van der Waals surface area contributed by atoms with Gasteiger partial charge in [-0.1, -0.05) is 12.1 Å². The number of nitrogens with one attached hydrogen (secondary N) is 1. The van der Waals surface area contributed by atoms with E-state index in [4.69, 9.17) is 0 Å². The van der Waals surface area contributed by atoms with Gasteiger partial charge in [-0.3, -0.25) is 9.48 Å². The predicted octanol–water partition coefficient (Wildman–Crippen LogP) is 4.26. The lowest BCUT2D eigenvalue weighted by atomic mass is 10.1. The molecule has 0 aliphatic rings. The number of aryl methyl sites for hydroxylation is 3. The minimum Gasteiger partial charge on any atom is -0.326 e. The van der Waals surface area contributed by atoms with Crippen LogP contribution in [0.4, 0.5) is 5.69 Å². The van der Waals surface area contributed by atoms with Crippen LogP contribution in [0.2, 0.25) is 0 Å². The molecule has 0 fully saturated rings. The Bertz CT molecular complexity index is 806. The molecule has 1 N–H and O–H groups in total. The lowest BCUT2D eigenvalue weighted by Crippen LogP contribution is -2.15. The van der Waals surface area contributed by atoms with Crippen LogP contribution in [0.5, 0.6) is 0 Å². The Kier molecular flexibility index (Phi) is 4.57. The van der Waals surface area contributed by atoms with E-state index in [-0.39, 0.29) is 5.91 Å². The molecule has 4 nitrogen and oxygen atoms in total. The van der Waals surface area contributed by atoms with Crippen molar-refractivity contribution in [3.8, 4) is 11.1 Å². The quantitative estimate of drug-likeness (QED) is 0.762. The molecule has 0 saturated carbocycles. The number of thiophene rings is 1. The molecule has 0 bridgehead atoms. The summed E-state index contributed by atoms with van der Waals surface area (Å²) >= 11 is 1.67. The van der Waals surface area contributed by atoms with Gasteiger partial charge in [0.15, 0.2) is 0 Å². The normalized spacial score (nSPS) is 10.7. The minimum absolute atomic E-state index is 0.0000201. The van der Waals surface area contributed by atoms with Gasteiger partial charge in [-0.2, -0.15) is 16.4 Å². The summed E-state index contributed by atoms with van der Waals surface area (Å²) in [5.74, 6) is 0.0000201. The molecule has 0 atom stereocenters. The molecule has 3 aromatic rings. The molecule has 3 rings (SSSR count). The summed E-state index contributed by atoms with van der Waals surface area (Å²) in [4.78, 5) is 12.2. The van der Waals surface area contributed by atoms with Gasteiger partial charge in [-0.25, -0.2) is 0 Å². The van der Waals surface area contributed by atoms with Crippen molar-refractivity contribution in [2.75, 3.05) is 5.32 Å². The van der Waals surface area contributed by atoms with Crippen molar-refractivity contribution in [3.05, 3.63) is 58.5 Å². The van der Waals surface area contributed by atoms with Gasteiger partial charge in [-0.15, -0.1) is 0 Å². The van der Waals surface area contributed by atoms with Gasteiger partial charge in [0, 0.05) is 24.3 Å². The molecule has 1 aromatic carbocycles. The summed E-state index contributed by atoms with van der Waals surface area (Å²) in [5, 5.41) is 11.5. The second kappa shape index (κ2) is 6.79. The highest BCUT2D eigenvalue weighted by atomic mass is 32.1. The van der Waals surface area contributed by atoms with Crippen LogP contribution in [-0.4, -0.2) is 15.7 Å². The highest BCUT2D eigenvalue weighted by molar-refractivity contribution is 7.08. The number of amides is 1. The van der Waals surface area contributed by atoms with E-state index in [1.807, 2.05) is 48.9 Å². The first-order chi connectivity index (χ1) is 11.1. The van der Waals surface area contributed by atoms with Crippen LogP contribution in [-0.2, 0) is 11.3 Å². The van der Waals surface area contributed by atoms with Crippen LogP contribution in [0, 0.1) is 13.8 Å². The number of rotatable bonds is 5. The van der Waals surface area contributed by atoms with E-state index in [9.17, 15) is 4.79 Å². The Morgan fingerprint density at radius 3 is 2.78 bits per heavy atom. The molecule has 0 radical (unpaired) electrons. The van der Waals surface area contributed by atoms with Crippen LogP contribution in [0.15, 0.2) is 47.2 Å². The smallest absolute Gasteiger partial charge is 0.226 e. The Hall–Kier alpha value is -2.40. The number of nitrogens with zero attached hydrogens (tertiary/aromatic N) is 2. The van der Waals surface area contributed by atoms with Crippen molar-refractivity contribution in [2.45, 2.75) is 26.8 Å². The molecule has 23 heavy (non-hydrogen) atoms. The maximum atomic E-state index is 12.2. The number of hydrogen-bond acceptors (Lipinski definition) is 3. The third kappa shape index (κ3) is 3.87. The third-order valence-corrected chi connectivity index (χ3v) is 4.34. The van der Waals surface area contributed by atoms with Gasteiger partial charge in [-0.05, 0) is 60.0 Å². The van der Waals surface area contributed by atoms with Crippen molar-refractivity contribution < 1.29 is 4.79 Å². The Morgan fingerprint density at radius 2 is 2.09 bits per heavy atom. The third-order valence-electron chi connectivity index (χ3n) is 3.65. The first-order valence-corrected chi connectivity index (χ1v) is 8.49. The number of hydrogen-bond donors (Lipinski definition) is 1. The summed E-state index contributed by atoms with van der Waals surface area (Å²) < 4.78 is 1.87. The van der Waals surface area contributed by atoms with Crippen molar-refractivity contribution in [3.63, 3.8) is 0 Å². The summed E-state index contributed by atoms with van der Waals surface area (Å²) in [6, 6.07) is 12.0. The van der Waals surface area contributed by atoms with E-state index >= 15 is 0 Å². The summed E-state index contributed by atoms with van der Waals surface area (Å²) in [6.45, 7) is 4.55. The van der Waals surface area contributed by atoms with Crippen LogP contribution >= 0.6 is 11.3 Å². The SMILES string of the molecule is Cc1cc(C)n(CCC(=O)Nc2cccc(-c3ccsc3)c2)n1. The monoisotopic (exact) mass is 325 g/mol. The lowest BCUT2D eigenvalue weighted by Gasteiger charge is -2.08. The topological polar surface area (TPSA) is 46.9 Å². The number of carbonyl (C=O) groups excluding carboxylic acids is 1. The number of benzene rings is 1. The number of anilines is 1. The van der Waals surface area contributed by atoms with Crippen LogP contribution in [0.25, 0.3) is 11.1 Å². The molecule has 2 heterocycles. The van der Waals surface area contributed by atoms with Crippen LogP contribution < -0.4 is 5.32 Å². The maximum absolute atomic E-state index is 12.2. The average molecular weight is 325 g/mol. The van der Waals surface area contributed by atoms with Gasteiger partial charge >= 0.3 is 0 Å². The molecule has 0 unspecified atom stereocenters. The minimum atomic E-state index is 0.0000201. The van der Waals surface area contributed by atoms with E-state index in [0.29, 0.717) is 13.0 Å². The Balaban J connectivity index is 1.62. The van der Waals surface area contributed by atoms with Crippen molar-refractivity contribution in [1.82, 2.24) is 9.78 Å². The summed E-state index contributed by atoms with van der Waals surface area (Å²) in [7, 11) is 0. The highest BCUT2D eigenvalue weighted by Crippen LogP contribution is 2.24. The molecular weight excluding hydrogens is 306 g/mol. The second-order valence-corrected chi connectivity index (χ2v) is 6.32. The zero-order chi connectivity index (χ0) is 16.2. The lowest BCUT2D eigenvalue weighted by molar-refractivity contribution is -0.116. The molecule has 5 heteroatoms. The van der Waals surface area contributed by atoms with Crippen molar-refractivity contribution in [2.24, 2.45) is 0 Å². The first-order valence-electron chi connectivity index (χ1n) is 7.55. The standard InChI is InChI=1S/C18H19N3OS/c1-13-10-14(2)21(20-13)8-6-18(22)19-17-5-3-4-15(11-17)16-7-9-23-12-16/h3-5,7,9-12H,6,8H2,1-2H3,(H,19,22). The van der Waals surface area contributed by atoms with E-state index in [1.54, 1.807) is 11.3 Å². The van der Waals surface area contributed by atoms with Crippen molar-refractivity contribution in [1.29, 1.82) is 0 Å². The van der Waals surface area contributed by atoms with E-state index in [2.05, 4.69) is 27.2 Å². The summed E-state index contributed by atoms with van der Waals surface area (Å²) in [6.07, 6.45) is 0.407. The van der Waals surface area contributed by atoms with Crippen LogP contribution in [0.3, 0.4) is 0 Å². The Morgan fingerprint density at radius 1 is 1.22 bits per heavy atom. The number of carbonyl (C=O) groups is 1. The molecule has 0 saturated heterocycles. The first kappa shape index (κ1) is 15.5. The fraction of sp³-hybridized carbons (Fsp3) is 0.222. The number of aromatic nitrogens is 2. The van der Waals surface area contributed by atoms with Gasteiger partial charge < -0.3 is 5.32 Å². The van der Waals surface area contributed by atoms with Gasteiger partial charge in [0.1, 0.15) is 0 Å². The molecule has 118 valence electrons. The van der Waals surface area contributed by atoms with Crippen molar-refractivity contribution >= 4 is 22.9 Å². The molecule has 2 aromatic heterocycles. The largest absolute Gasteiger partial charge is 0.326 e. The van der Waals surface area contributed by atoms with E-state index in [1.165, 1.54) is 5.56 Å². The van der Waals surface area contributed by atoms with E-state index in [0.717, 1.165) is 22.6 Å². The zero-order valence-corrected chi connectivity index (χ0v) is 14.1. The fourth-order valence-electron chi connectivity index (χ4n) is 2.54. The van der Waals surface area contributed by atoms with Gasteiger partial charge in [0.05, 0.1) is 5.69 Å². The average Bonchev–Trinajstić information content (AvgIpc) is 3.15.